The normalized spacial score (nSPS) is 17.7. The molecule has 1 amide bonds. The smallest absolute Gasteiger partial charge is 0.251 e. The van der Waals surface area contributed by atoms with Gasteiger partial charge in [0.2, 0.25) is 0 Å². The number of rotatable bonds is 6. The monoisotopic (exact) mass is 319 g/mol. The number of carbonyl (C=O) groups is 1. The maximum absolute atomic E-state index is 12.1. The van der Waals surface area contributed by atoms with Gasteiger partial charge in [0.15, 0.2) is 11.5 Å². The van der Waals surface area contributed by atoms with Crippen LogP contribution < -0.4 is 14.8 Å². The number of fused-ring (bicyclic) bond motifs is 1. The highest BCUT2D eigenvalue weighted by Crippen LogP contribution is 2.30. The molecule has 0 radical (unpaired) electrons. The third kappa shape index (κ3) is 4.61. The van der Waals surface area contributed by atoms with Crippen LogP contribution in [0.1, 0.15) is 48.9 Å². The van der Waals surface area contributed by atoms with Gasteiger partial charge in [-0.15, -0.1) is 0 Å². The van der Waals surface area contributed by atoms with Gasteiger partial charge in [0.05, 0.1) is 6.10 Å². The van der Waals surface area contributed by atoms with Gasteiger partial charge >= 0.3 is 0 Å². The molecule has 1 aliphatic carbocycles. The zero-order chi connectivity index (χ0) is 15.9. The summed E-state index contributed by atoms with van der Waals surface area (Å²) in [5.41, 5.74) is 0.599. The second kappa shape index (κ2) is 8.20. The highest BCUT2D eigenvalue weighted by Gasteiger charge is 2.15. The van der Waals surface area contributed by atoms with Crippen molar-refractivity contribution in [2.45, 2.75) is 44.6 Å². The fourth-order valence-corrected chi connectivity index (χ4v) is 3.04. The molecule has 1 aromatic carbocycles. The number of benzene rings is 1. The van der Waals surface area contributed by atoms with Crippen LogP contribution in [0.15, 0.2) is 18.2 Å². The van der Waals surface area contributed by atoms with Crippen molar-refractivity contribution >= 4 is 5.91 Å². The first-order valence-electron chi connectivity index (χ1n) is 8.62. The third-order valence-corrected chi connectivity index (χ3v) is 4.32. The van der Waals surface area contributed by atoms with Crippen molar-refractivity contribution in [3.05, 3.63) is 23.8 Å². The van der Waals surface area contributed by atoms with Crippen LogP contribution in [0.5, 0.6) is 11.5 Å². The van der Waals surface area contributed by atoms with Crippen LogP contribution in [0.3, 0.4) is 0 Å². The van der Waals surface area contributed by atoms with E-state index in [0.29, 0.717) is 49.5 Å². The summed E-state index contributed by atoms with van der Waals surface area (Å²) >= 11 is 0. The van der Waals surface area contributed by atoms with Gasteiger partial charge in [-0.1, -0.05) is 19.3 Å². The number of nitrogens with one attached hydrogen (secondary N) is 1. The SMILES string of the molecule is O=C(NCCCOC1CCCCC1)c1ccc2c(c1)OCCO2. The molecule has 23 heavy (non-hydrogen) atoms. The average molecular weight is 319 g/mol. The zero-order valence-corrected chi connectivity index (χ0v) is 13.5. The van der Waals surface area contributed by atoms with Crippen molar-refractivity contribution in [1.29, 1.82) is 0 Å². The summed E-state index contributed by atoms with van der Waals surface area (Å²) in [5.74, 6) is 1.26. The molecule has 2 aliphatic rings. The quantitative estimate of drug-likeness (QED) is 0.819. The van der Waals surface area contributed by atoms with E-state index in [1.807, 2.05) is 0 Å². The van der Waals surface area contributed by atoms with Crippen molar-refractivity contribution in [1.82, 2.24) is 5.32 Å². The molecule has 0 atom stereocenters. The predicted molar refractivity (Wildman–Crippen MR) is 87.2 cm³/mol. The summed E-state index contributed by atoms with van der Waals surface area (Å²) in [6, 6.07) is 5.29. The van der Waals surface area contributed by atoms with Crippen molar-refractivity contribution in [2.24, 2.45) is 0 Å². The lowest BCUT2D eigenvalue weighted by atomic mass is 9.98. The molecule has 1 fully saturated rings. The largest absolute Gasteiger partial charge is 0.486 e. The lowest BCUT2D eigenvalue weighted by molar-refractivity contribution is 0.0273. The molecule has 0 spiro atoms. The van der Waals surface area contributed by atoms with E-state index in [9.17, 15) is 4.79 Å². The lowest BCUT2D eigenvalue weighted by Gasteiger charge is -2.22. The molecule has 1 heterocycles. The first kappa shape index (κ1) is 16.1. The molecule has 5 heteroatoms. The molecular weight excluding hydrogens is 294 g/mol. The van der Waals surface area contributed by atoms with Gasteiger partial charge in [-0.05, 0) is 37.5 Å². The Kier molecular flexibility index (Phi) is 5.75. The van der Waals surface area contributed by atoms with Crippen molar-refractivity contribution in [3.8, 4) is 11.5 Å². The number of ether oxygens (including phenoxy) is 3. The van der Waals surface area contributed by atoms with E-state index < -0.39 is 0 Å². The van der Waals surface area contributed by atoms with Crippen LogP contribution in [-0.4, -0.2) is 38.4 Å². The van der Waals surface area contributed by atoms with Gasteiger partial charge in [0.25, 0.3) is 5.91 Å². The van der Waals surface area contributed by atoms with Crippen LogP contribution in [-0.2, 0) is 4.74 Å². The summed E-state index contributed by atoms with van der Waals surface area (Å²) < 4.78 is 16.8. The minimum Gasteiger partial charge on any atom is -0.486 e. The number of hydrogen-bond acceptors (Lipinski definition) is 4. The Labute approximate surface area is 137 Å². The van der Waals surface area contributed by atoms with Gasteiger partial charge in [-0.3, -0.25) is 4.79 Å². The standard InChI is InChI=1S/C18H25NO4/c20-18(14-7-8-16-17(13-14)23-12-11-22-16)19-9-4-10-21-15-5-2-1-3-6-15/h7-8,13,15H,1-6,9-12H2,(H,19,20). The summed E-state index contributed by atoms with van der Waals surface area (Å²) in [5, 5.41) is 2.93. The van der Waals surface area contributed by atoms with E-state index in [1.54, 1.807) is 18.2 Å². The average Bonchev–Trinajstić information content (AvgIpc) is 2.61. The van der Waals surface area contributed by atoms with Gasteiger partial charge in [-0.2, -0.15) is 0 Å². The van der Waals surface area contributed by atoms with E-state index in [-0.39, 0.29) is 5.91 Å². The fraction of sp³-hybridized carbons (Fsp3) is 0.611. The van der Waals surface area contributed by atoms with E-state index in [2.05, 4.69) is 5.32 Å². The van der Waals surface area contributed by atoms with Crippen LogP contribution in [0.25, 0.3) is 0 Å². The van der Waals surface area contributed by atoms with Gasteiger partial charge in [-0.25, -0.2) is 0 Å². The summed E-state index contributed by atoms with van der Waals surface area (Å²) in [4.78, 5) is 12.1. The molecule has 1 saturated carbocycles. The van der Waals surface area contributed by atoms with E-state index in [4.69, 9.17) is 14.2 Å². The third-order valence-electron chi connectivity index (χ3n) is 4.32. The maximum atomic E-state index is 12.1. The highest BCUT2D eigenvalue weighted by molar-refractivity contribution is 5.94. The topological polar surface area (TPSA) is 56.8 Å². The zero-order valence-electron chi connectivity index (χ0n) is 13.5. The Morgan fingerprint density at radius 3 is 2.74 bits per heavy atom. The predicted octanol–water partition coefficient (Wildman–Crippen LogP) is 2.93. The second-order valence-corrected chi connectivity index (χ2v) is 6.10. The van der Waals surface area contributed by atoms with Crippen LogP contribution in [0.2, 0.25) is 0 Å². The Bertz CT molecular complexity index is 526. The molecule has 0 bridgehead atoms. The Morgan fingerprint density at radius 1 is 1.13 bits per heavy atom. The minimum atomic E-state index is -0.0837. The van der Waals surface area contributed by atoms with E-state index in [0.717, 1.165) is 6.42 Å². The molecular formula is C18H25NO4. The molecule has 0 saturated heterocycles. The number of hydrogen-bond donors (Lipinski definition) is 1. The van der Waals surface area contributed by atoms with Gasteiger partial charge in [0, 0.05) is 18.7 Å². The number of carbonyl (C=O) groups excluding carboxylic acids is 1. The molecule has 3 rings (SSSR count). The first-order chi connectivity index (χ1) is 11.3. The summed E-state index contributed by atoms with van der Waals surface area (Å²) in [7, 11) is 0. The van der Waals surface area contributed by atoms with Crippen LogP contribution >= 0.6 is 0 Å². The Morgan fingerprint density at radius 2 is 1.91 bits per heavy atom. The van der Waals surface area contributed by atoms with Crippen LogP contribution in [0, 0.1) is 0 Å². The molecule has 1 aliphatic heterocycles. The van der Waals surface area contributed by atoms with Crippen LogP contribution in [0.4, 0.5) is 0 Å². The van der Waals surface area contributed by atoms with Gasteiger partial charge < -0.3 is 19.5 Å². The molecule has 0 unspecified atom stereocenters. The number of amides is 1. The minimum absolute atomic E-state index is 0.0837. The molecule has 1 aromatic rings. The summed E-state index contributed by atoms with van der Waals surface area (Å²) in [6.45, 7) is 2.42. The first-order valence-corrected chi connectivity index (χ1v) is 8.62. The Balaban J connectivity index is 1.37. The summed E-state index contributed by atoms with van der Waals surface area (Å²) in [6.07, 6.45) is 7.54. The second-order valence-electron chi connectivity index (χ2n) is 6.10. The van der Waals surface area contributed by atoms with Crippen molar-refractivity contribution < 1.29 is 19.0 Å². The van der Waals surface area contributed by atoms with Crippen molar-refractivity contribution in [3.63, 3.8) is 0 Å². The Hall–Kier alpha value is -1.75. The molecule has 0 aromatic heterocycles. The fourth-order valence-electron chi connectivity index (χ4n) is 3.04. The van der Waals surface area contributed by atoms with Crippen molar-refractivity contribution in [2.75, 3.05) is 26.4 Å². The molecule has 5 nitrogen and oxygen atoms in total. The lowest BCUT2D eigenvalue weighted by Crippen LogP contribution is -2.26. The molecule has 126 valence electrons. The van der Waals surface area contributed by atoms with Gasteiger partial charge in [0.1, 0.15) is 13.2 Å². The molecule has 1 N–H and O–H groups in total. The van der Waals surface area contributed by atoms with E-state index in [1.165, 1.54) is 32.1 Å². The maximum Gasteiger partial charge on any atom is 0.251 e. The highest BCUT2D eigenvalue weighted by atomic mass is 16.6. The van der Waals surface area contributed by atoms with E-state index >= 15 is 0 Å².